The molecule has 0 aliphatic carbocycles. The molecule has 2 aromatic carbocycles. The van der Waals surface area contributed by atoms with Crippen molar-refractivity contribution in [2.75, 3.05) is 6.54 Å². The number of esters is 1. The average Bonchev–Trinajstić information content (AvgIpc) is 2.64. The van der Waals surface area contributed by atoms with Gasteiger partial charge in [0.05, 0.1) is 4.90 Å². The van der Waals surface area contributed by atoms with Gasteiger partial charge in [-0.3, -0.25) is 9.59 Å². The van der Waals surface area contributed by atoms with Gasteiger partial charge in [0.2, 0.25) is 10.0 Å². The third-order valence-corrected chi connectivity index (χ3v) is 5.13. The van der Waals surface area contributed by atoms with Crippen LogP contribution < -0.4 is 10.0 Å². The predicted octanol–water partition coefficient (Wildman–Crippen LogP) is 1.81. The summed E-state index contributed by atoms with van der Waals surface area (Å²) in [5.41, 5.74) is -0.592. The first-order valence-electron chi connectivity index (χ1n) is 8.85. The summed E-state index contributed by atoms with van der Waals surface area (Å²) in [6.07, 6.45) is 0. The van der Waals surface area contributed by atoms with Crippen LogP contribution in [0.3, 0.4) is 0 Å². The molecule has 9 heteroatoms. The third kappa shape index (κ3) is 6.88. The van der Waals surface area contributed by atoms with E-state index < -0.39 is 33.5 Å². The maximum Gasteiger partial charge on any atom is 0.326 e. The summed E-state index contributed by atoms with van der Waals surface area (Å²) in [7, 11) is -4.01. The molecule has 0 saturated carbocycles. The number of ether oxygens (including phenoxy) is 1. The van der Waals surface area contributed by atoms with Crippen molar-refractivity contribution in [3.8, 4) is 5.75 Å². The minimum absolute atomic E-state index is 0.00352. The molecular formula is C20H24N2O6S. The Bertz CT molecular complexity index is 951. The second-order valence-electron chi connectivity index (χ2n) is 7.28. The number of nitrogens with one attached hydrogen (secondary N) is 2. The third-order valence-electron chi connectivity index (χ3n) is 3.64. The van der Waals surface area contributed by atoms with Crippen LogP contribution in [0.5, 0.6) is 5.75 Å². The number of hydrogen-bond acceptors (Lipinski definition) is 6. The molecule has 0 radical (unpaired) electrons. The zero-order chi connectivity index (χ0) is 21.7. The molecular weight excluding hydrogens is 396 g/mol. The fourth-order valence-corrected chi connectivity index (χ4v) is 3.52. The smallest absolute Gasteiger partial charge is 0.326 e. The van der Waals surface area contributed by atoms with Gasteiger partial charge in [0.1, 0.15) is 17.4 Å². The van der Waals surface area contributed by atoms with Crippen LogP contribution in [-0.4, -0.2) is 43.6 Å². The van der Waals surface area contributed by atoms with Gasteiger partial charge in [0.15, 0.2) is 0 Å². The van der Waals surface area contributed by atoms with Crippen molar-refractivity contribution in [3.05, 3.63) is 60.2 Å². The highest BCUT2D eigenvalue weighted by molar-refractivity contribution is 7.89. The summed E-state index contributed by atoms with van der Waals surface area (Å²) in [4.78, 5) is 24.8. The topological polar surface area (TPSA) is 122 Å². The number of aromatic hydroxyl groups is 1. The molecule has 156 valence electrons. The highest BCUT2D eigenvalue weighted by atomic mass is 32.2. The first-order chi connectivity index (χ1) is 13.5. The number of carbonyl (C=O) groups excluding carboxylic acids is 2. The van der Waals surface area contributed by atoms with E-state index >= 15 is 0 Å². The molecule has 0 spiro atoms. The van der Waals surface area contributed by atoms with Crippen molar-refractivity contribution >= 4 is 21.9 Å². The molecule has 29 heavy (non-hydrogen) atoms. The average molecular weight is 420 g/mol. The van der Waals surface area contributed by atoms with Crippen LogP contribution in [0.4, 0.5) is 0 Å². The number of phenolic OH excluding ortho intramolecular Hbond substituents is 1. The first kappa shape index (κ1) is 22.4. The van der Waals surface area contributed by atoms with Crippen molar-refractivity contribution in [3.63, 3.8) is 0 Å². The summed E-state index contributed by atoms with van der Waals surface area (Å²) < 4.78 is 32.8. The van der Waals surface area contributed by atoms with Crippen molar-refractivity contribution in [2.24, 2.45) is 0 Å². The molecule has 3 N–H and O–H groups in total. The lowest BCUT2D eigenvalue weighted by molar-refractivity contribution is -0.156. The van der Waals surface area contributed by atoms with E-state index in [-0.39, 0.29) is 22.8 Å². The Labute approximate surface area is 169 Å². The molecule has 1 atom stereocenters. The van der Waals surface area contributed by atoms with Crippen molar-refractivity contribution in [1.82, 2.24) is 10.0 Å². The van der Waals surface area contributed by atoms with Gasteiger partial charge >= 0.3 is 5.97 Å². The minimum Gasteiger partial charge on any atom is -0.508 e. The van der Waals surface area contributed by atoms with E-state index in [1.807, 2.05) is 0 Å². The number of amides is 1. The molecule has 2 aromatic rings. The van der Waals surface area contributed by atoms with E-state index in [0.717, 1.165) is 0 Å². The van der Waals surface area contributed by atoms with Gasteiger partial charge in [-0.1, -0.05) is 18.2 Å². The number of benzene rings is 2. The lowest BCUT2D eigenvalue weighted by Crippen LogP contribution is -2.50. The number of phenols is 1. The van der Waals surface area contributed by atoms with Crippen molar-refractivity contribution in [1.29, 1.82) is 0 Å². The summed E-state index contributed by atoms with van der Waals surface area (Å²) in [6, 6.07) is 11.7. The van der Waals surface area contributed by atoms with E-state index in [2.05, 4.69) is 10.0 Å². The second-order valence-corrected chi connectivity index (χ2v) is 8.99. The largest absolute Gasteiger partial charge is 0.508 e. The van der Waals surface area contributed by atoms with Gasteiger partial charge in [0.25, 0.3) is 5.91 Å². The van der Waals surface area contributed by atoms with Gasteiger partial charge in [-0.2, -0.15) is 4.72 Å². The molecule has 0 bridgehead atoms. The van der Waals surface area contributed by atoms with Crippen LogP contribution in [0, 0.1) is 0 Å². The number of carbonyl (C=O) groups is 2. The molecule has 0 aliphatic heterocycles. The molecule has 0 fully saturated rings. The van der Waals surface area contributed by atoms with E-state index in [1.54, 1.807) is 39.0 Å². The van der Waals surface area contributed by atoms with E-state index in [1.165, 1.54) is 36.4 Å². The molecule has 0 saturated heterocycles. The van der Waals surface area contributed by atoms with Gasteiger partial charge in [-0.25, -0.2) is 8.42 Å². The summed E-state index contributed by atoms with van der Waals surface area (Å²) >= 11 is 0. The molecule has 8 nitrogen and oxygen atoms in total. The van der Waals surface area contributed by atoms with Crippen LogP contribution in [0.15, 0.2) is 59.5 Å². The summed E-state index contributed by atoms with van der Waals surface area (Å²) in [5, 5.41) is 11.8. The van der Waals surface area contributed by atoms with Crippen LogP contribution in [0.1, 0.15) is 31.1 Å². The molecule has 0 heterocycles. The lowest BCUT2D eigenvalue weighted by Gasteiger charge is -2.24. The highest BCUT2D eigenvalue weighted by Crippen LogP contribution is 2.13. The zero-order valence-electron chi connectivity index (χ0n) is 16.4. The zero-order valence-corrected chi connectivity index (χ0v) is 17.2. The monoisotopic (exact) mass is 420 g/mol. The highest BCUT2D eigenvalue weighted by Gasteiger charge is 2.30. The normalized spacial score (nSPS) is 12.8. The SMILES string of the molecule is CC(C)(C)OC(=O)C(CNC(=O)c1ccc(O)cc1)NS(=O)(=O)c1ccccc1. The molecule has 0 aromatic heterocycles. The quantitative estimate of drug-likeness (QED) is 0.587. The van der Waals surface area contributed by atoms with Gasteiger partial charge in [-0.05, 0) is 57.2 Å². The fraction of sp³-hybridized carbons (Fsp3) is 0.300. The molecule has 0 aliphatic rings. The Balaban J connectivity index is 2.17. The Hall–Kier alpha value is -2.91. The van der Waals surface area contributed by atoms with Crippen LogP contribution in [-0.2, 0) is 19.6 Å². The van der Waals surface area contributed by atoms with Crippen LogP contribution >= 0.6 is 0 Å². The summed E-state index contributed by atoms with van der Waals surface area (Å²) in [5.74, 6) is -1.34. The second kappa shape index (κ2) is 9.06. The van der Waals surface area contributed by atoms with Gasteiger partial charge < -0.3 is 15.2 Å². The fourth-order valence-electron chi connectivity index (χ4n) is 2.31. The summed E-state index contributed by atoms with van der Waals surface area (Å²) in [6.45, 7) is 4.65. The Kier molecular flexibility index (Phi) is 6.99. The van der Waals surface area contributed by atoms with Crippen LogP contribution in [0.2, 0.25) is 0 Å². The maximum atomic E-state index is 12.6. The number of hydrogen-bond donors (Lipinski definition) is 3. The first-order valence-corrected chi connectivity index (χ1v) is 10.3. The number of sulfonamides is 1. The lowest BCUT2D eigenvalue weighted by atomic mass is 10.2. The van der Waals surface area contributed by atoms with E-state index in [0.29, 0.717) is 0 Å². The van der Waals surface area contributed by atoms with E-state index in [4.69, 9.17) is 4.74 Å². The standard InChI is InChI=1S/C20H24N2O6S/c1-20(2,3)28-19(25)17(22-29(26,27)16-7-5-4-6-8-16)13-21-18(24)14-9-11-15(23)12-10-14/h4-12,17,22-23H,13H2,1-3H3,(H,21,24). The maximum absolute atomic E-state index is 12.6. The van der Waals surface area contributed by atoms with Crippen molar-refractivity contribution < 1.29 is 27.9 Å². The van der Waals surface area contributed by atoms with Crippen LogP contribution in [0.25, 0.3) is 0 Å². The van der Waals surface area contributed by atoms with Gasteiger partial charge in [0, 0.05) is 12.1 Å². The molecule has 1 unspecified atom stereocenters. The molecule has 2 rings (SSSR count). The van der Waals surface area contributed by atoms with E-state index in [9.17, 15) is 23.1 Å². The van der Waals surface area contributed by atoms with Crippen molar-refractivity contribution in [2.45, 2.75) is 37.3 Å². The predicted molar refractivity (Wildman–Crippen MR) is 107 cm³/mol. The minimum atomic E-state index is -4.01. The Morgan fingerprint density at radius 2 is 1.62 bits per heavy atom. The molecule has 1 amide bonds. The number of rotatable bonds is 7. The Morgan fingerprint density at radius 3 is 2.17 bits per heavy atom. The Morgan fingerprint density at radius 1 is 1.03 bits per heavy atom. The van der Waals surface area contributed by atoms with Gasteiger partial charge in [-0.15, -0.1) is 0 Å².